The molecule has 50 valence electrons. The summed E-state index contributed by atoms with van der Waals surface area (Å²) in [7, 11) is 0. The minimum absolute atomic E-state index is 0.188. The predicted octanol–water partition coefficient (Wildman–Crippen LogP) is 0.219. The summed E-state index contributed by atoms with van der Waals surface area (Å²) >= 11 is 0. The molecule has 0 unspecified atom stereocenters. The number of carbonyl (C=O) groups excluding carboxylic acids is 1. The van der Waals surface area contributed by atoms with Gasteiger partial charge >= 0.3 is 0 Å². The van der Waals surface area contributed by atoms with Crippen LogP contribution in [-0.4, -0.2) is 16.1 Å². The average molecular weight is 135 g/mol. The smallest absolute Gasteiger partial charge is 0.170 e. The third-order valence-electron chi connectivity index (χ3n) is 1.01. The molecule has 4 nitrogen and oxygen atoms in total. The van der Waals surface area contributed by atoms with Crippen LogP contribution in [0.2, 0.25) is 0 Å². The van der Waals surface area contributed by atoms with E-state index >= 15 is 0 Å². The summed E-state index contributed by atoms with van der Waals surface area (Å²) in [6.45, 7) is 0.188. The quantitative estimate of drug-likeness (QED) is 0.545. The molecule has 0 saturated carbocycles. The summed E-state index contributed by atoms with van der Waals surface area (Å²) in [6.07, 6.45) is 2.24. The molecule has 0 aliphatic rings. The highest BCUT2D eigenvalue weighted by atomic mass is 16.1. The van der Waals surface area contributed by atoms with Crippen LogP contribution in [0.5, 0.6) is 0 Å². The highest BCUT2D eigenvalue weighted by Gasteiger charge is 1.93. The second-order valence-corrected chi connectivity index (χ2v) is 1.71. The molecule has 0 bridgehead atoms. The number of aldehydes is 1. The monoisotopic (exact) mass is 135 g/mol. The molecule has 0 N–H and O–H groups in total. The van der Waals surface area contributed by atoms with Crippen molar-refractivity contribution in [1.29, 1.82) is 5.26 Å². The van der Waals surface area contributed by atoms with Gasteiger partial charge in [-0.25, -0.2) is 0 Å². The average Bonchev–Trinajstić information content (AvgIpc) is 2.37. The Hall–Kier alpha value is -1.63. The summed E-state index contributed by atoms with van der Waals surface area (Å²) in [4.78, 5) is 10.1. The number of hydrogen-bond acceptors (Lipinski definition) is 3. The number of hydrogen-bond donors (Lipinski definition) is 0. The Kier molecular flexibility index (Phi) is 1.80. The second kappa shape index (κ2) is 2.78. The van der Waals surface area contributed by atoms with Crippen molar-refractivity contribution in [3.63, 3.8) is 0 Å². The van der Waals surface area contributed by atoms with E-state index in [1.165, 1.54) is 4.68 Å². The van der Waals surface area contributed by atoms with Crippen molar-refractivity contribution in [2.24, 2.45) is 0 Å². The zero-order chi connectivity index (χ0) is 7.40. The van der Waals surface area contributed by atoms with Gasteiger partial charge in [-0.15, -0.1) is 0 Å². The Morgan fingerprint density at radius 3 is 3.20 bits per heavy atom. The summed E-state index contributed by atoms with van der Waals surface area (Å²) in [5.41, 5.74) is 0.357. The Balaban J connectivity index is 2.80. The maximum Gasteiger partial charge on any atom is 0.170 e. The van der Waals surface area contributed by atoms with Gasteiger partial charge in [-0.2, -0.15) is 10.4 Å². The number of nitrogens with zero attached hydrogens (tertiary/aromatic N) is 3. The van der Waals surface area contributed by atoms with Crippen LogP contribution in [-0.2, 0) is 6.54 Å². The van der Waals surface area contributed by atoms with Crippen molar-refractivity contribution in [2.75, 3.05) is 0 Å². The van der Waals surface area contributed by atoms with E-state index < -0.39 is 0 Å². The number of nitriles is 1. The molecule has 0 saturated heterocycles. The molecule has 1 heterocycles. The summed E-state index contributed by atoms with van der Waals surface area (Å²) < 4.78 is 1.41. The lowest BCUT2D eigenvalue weighted by molar-refractivity contribution is 0.111. The van der Waals surface area contributed by atoms with Crippen LogP contribution in [0.3, 0.4) is 0 Å². The van der Waals surface area contributed by atoms with Crippen molar-refractivity contribution >= 4 is 6.29 Å². The second-order valence-electron chi connectivity index (χ2n) is 1.71. The molecule has 0 fully saturated rings. The molecule has 0 spiro atoms. The van der Waals surface area contributed by atoms with Gasteiger partial charge in [0.1, 0.15) is 12.2 Å². The molecule has 0 radical (unpaired) electrons. The fourth-order valence-corrected chi connectivity index (χ4v) is 0.601. The zero-order valence-electron chi connectivity index (χ0n) is 5.19. The van der Waals surface area contributed by atoms with Crippen molar-refractivity contribution in [1.82, 2.24) is 9.78 Å². The van der Waals surface area contributed by atoms with Crippen LogP contribution >= 0.6 is 0 Å². The molecule has 0 aromatic carbocycles. The van der Waals surface area contributed by atoms with E-state index in [-0.39, 0.29) is 6.54 Å². The van der Waals surface area contributed by atoms with Crippen molar-refractivity contribution < 1.29 is 4.79 Å². The maximum absolute atomic E-state index is 10.1. The molecule has 0 aliphatic heterocycles. The Labute approximate surface area is 57.7 Å². The van der Waals surface area contributed by atoms with Gasteiger partial charge < -0.3 is 0 Å². The van der Waals surface area contributed by atoms with Crippen LogP contribution in [0.15, 0.2) is 12.3 Å². The summed E-state index contributed by atoms with van der Waals surface area (Å²) in [6, 6.07) is 3.47. The van der Waals surface area contributed by atoms with Crippen LogP contribution in [0.25, 0.3) is 0 Å². The van der Waals surface area contributed by atoms with E-state index in [1.807, 2.05) is 6.07 Å². The van der Waals surface area contributed by atoms with Gasteiger partial charge in [-0.1, -0.05) is 0 Å². The van der Waals surface area contributed by atoms with E-state index in [4.69, 9.17) is 5.26 Å². The molecule has 1 rings (SSSR count). The van der Waals surface area contributed by atoms with E-state index in [2.05, 4.69) is 5.10 Å². The van der Waals surface area contributed by atoms with Gasteiger partial charge in [-0.3, -0.25) is 9.48 Å². The summed E-state index contributed by atoms with van der Waals surface area (Å²) in [5, 5.41) is 11.9. The molecule has 0 atom stereocenters. The fourth-order valence-electron chi connectivity index (χ4n) is 0.601. The maximum atomic E-state index is 10.1. The van der Waals surface area contributed by atoms with Crippen molar-refractivity contribution in [3.05, 3.63) is 18.0 Å². The third kappa shape index (κ3) is 1.20. The molecule has 10 heavy (non-hydrogen) atoms. The minimum Gasteiger partial charge on any atom is -0.296 e. The molecule has 0 amide bonds. The van der Waals surface area contributed by atoms with E-state index in [0.29, 0.717) is 12.0 Å². The first kappa shape index (κ1) is 6.49. The first-order chi connectivity index (χ1) is 4.86. The molecule has 1 aromatic heterocycles. The lowest BCUT2D eigenvalue weighted by Gasteiger charge is -1.86. The lowest BCUT2D eigenvalue weighted by atomic mass is 10.5. The molecule has 1 aromatic rings. The summed E-state index contributed by atoms with van der Waals surface area (Å²) in [5.74, 6) is 0. The highest BCUT2D eigenvalue weighted by Crippen LogP contribution is 1.89. The van der Waals surface area contributed by atoms with Crippen molar-refractivity contribution in [2.45, 2.75) is 6.54 Å². The Morgan fingerprint density at radius 2 is 2.70 bits per heavy atom. The molecule has 0 aliphatic carbocycles. The number of rotatable bonds is 2. The minimum atomic E-state index is 0.188. The number of aromatic nitrogens is 2. The molecule has 4 heteroatoms. The first-order valence-electron chi connectivity index (χ1n) is 2.72. The van der Waals surface area contributed by atoms with E-state index in [9.17, 15) is 4.79 Å². The van der Waals surface area contributed by atoms with Crippen LogP contribution in [0, 0.1) is 11.3 Å². The fraction of sp³-hybridized carbons (Fsp3) is 0.167. The van der Waals surface area contributed by atoms with Gasteiger partial charge in [-0.05, 0) is 6.07 Å². The lowest BCUT2D eigenvalue weighted by Crippen LogP contribution is -1.96. The van der Waals surface area contributed by atoms with Crippen LogP contribution in [0.4, 0.5) is 0 Å². The van der Waals surface area contributed by atoms with Gasteiger partial charge in [0, 0.05) is 6.20 Å². The largest absolute Gasteiger partial charge is 0.296 e. The van der Waals surface area contributed by atoms with Gasteiger partial charge in [0.05, 0.1) is 6.07 Å². The van der Waals surface area contributed by atoms with Crippen LogP contribution in [0.1, 0.15) is 10.5 Å². The normalized spacial score (nSPS) is 8.70. The van der Waals surface area contributed by atoms with Gasteiger partial charge in [0.25, 0.3) is 0 Å². The predicted molar refractivity (Wildman–Crippen MR) is 33.2 cm³/mol. The highest BCUT2D eigenvalue weighted by molar-refractivity contribution is 5.71. The SMILES string of the molecule is N#CCn1ccc(C=O)n1. The van der Waals surface area contributed by atoms with E-state index in [1.54, 1.807) is 12.3 Å². The van der Waals surface area contributed by atoms with Crippen molar-refractivity contribution in [3.8, 4) is 6.07 Å². The topological polar surface area (TPSA) is 58.7 Å². The zero-order valence-corrected chi connectivity index (χ0v) is 5.19. The Morgan fingerprint density at radius 1 is 1.90 bits per heavy atom. The third-order valence-corrected chi connectivity index (χ3v) is 1.01. The molecular formula is C6H5N3O. The first-order valence-corrected chi connectivity index (χ1v) is 2.72. The van der Waals surface area contributed by atoms with Crippen LogP contribution < -0.4 is 0 Å². The van der Waals surface area contributed by atoms with E-state index in [0.717, 1.165) is 0 Å². The van der Waals surface area contributed by atoms with Gasteiger partial charge in [0.2, 0.25) is 0 Å². The standard InChI is InChI=1S/C6H5N3O/c7-2-4-9-3-1-6(5-10)8-9/h1,3,5H,4H2. The molecular weight excluding hydrogens is 130 g/mol. The van der Waals surface area contributed by atoms with Gasteiger partial charge in [0.15, 0.2) is 6.29 Å². The Bertz CT molecular complexity index is 271. The number of carbonyl (C=O) groups is 1.